The third kappa shape index (κ3) is 14.0. The van der Waals surface area contributed by atoms with Gasteiger partial charge in [-0.1, -0.05) is 36.1 Å². The zero-order valence-electron chi connectivity index (χ0n) is 42.2. The summed E-state index contributed by atoms with van der Waals surface area (Å²) in [6.07, 6.45) is 12.4. The van der Waals surface area contributed by atoms with Crippen LogP contribution in [0.2, 0.25) is 0 Å². The van der Waals surface area contributed by atoms with E-state index in [2.05, 4.69) is 10.2 Å². The van der Waals surface area contributed by atoms with Gasteiger partial charge >= 0.3 is 0 Å². The lowest BCUT2D eigenvalue weighted by Gasteiger charge is -2.34. The molecule has 0 aromatic heterocycles. The number of benzene rings is 4. The molecule has 1 aliphatic carbocycles. The summed E-state index contributed by atoms with van der Waals surface area (Å²) in [5.74, 6) is -0.492. The first kappa shape index (κ1) is 54.1. The van der Waals surface area contributed by atoms with E-state index < -0.39 is 23.3 Å². The molecular formula is C55H68F4N4O8. The summed E-state index contributed by atoms with van der Waals surface area (Å²) in [6, 6.07) is 14.6. The van der Waals surface area contributed by atoms with Crippen molar-refractivity contribution in [1.82, 2.24) is 20.0 Å². The number of nitrogens with zero attached hydrogens (tertiary/aromatic N) is 3. The van der Waals surface area contributed by atoms with Crippen molar-refractivity contribution in [3.63, 3.8) is 0 Å². The van der Waals surface area contributed by atoms with E-state index in [0.717, 1.165) is 62.1 Å². The molecule has 2 heterocycles. The summed E-state index contributed by atoms with van der Waals surface area (Å²) in [6.45, 7) is 7.28. The SMILES string of the molecule is COc1cc(C(=O)N(C/C(C)=C/c2ccc(F)cc2F)CC2CCCN2)cc(OC)c1OC.COc1cc(C(=O)N(C/C(C)=C/c2ccc(F)cc2F)C[C@@H]2CCCN2C2CCCC2)cc(OC)c1OC. The first-order valence-corrected chi connectivity index (χ1v) is 24.1. The summed E-state index contributed by atoms with van der Waals surface area (Å²) in [5.41, 5.74) is 2.93. The molecule has 2 saturated heterocycles. The second kappa shape index (κ2) is 25.7. The molecule has 384 valence electrons. The lowest BCUT2D eigenvalue weighted by atomic mass is 10.1. The highest BCUT2D eigenvalue weighted by Gasteiger charge is 2.35. The monoisotopic (exact) mass is 988 g/mol. The van der Waals surface area contributed by atoms with E-state index in [1.165, 1.54) is 92.6 Å². The Labute approximate surface area is 415 Å². The van der Waals surface area contributed by atoms with E-state index in [1.807, 2.05) is 18.7 Å². The molecule has 7 rings (SSSR count). The molecule has 16 heteroatoms. The van der Waals surface area contributed by atoms with Crippen LogP contribution in [0.15, 0.2) is 71.8 Å². The molecule has 4 aromatic carbocycles. The van der Waals surface area contributed by atoms with Crippen LogP contribution < -0.4 is 33.7 Å². The van der Waals surface area contributed by atoms with Crippen LogP contribution in [-0.4, -0.2) is 127 Å². The van der Waals surface area contributed by atoms with Crippen LogP contribution in [0.25, 0.3) is 12.2 Å². The average Bonchev–Trinajstić information content (AvgIpc) is 4.19. The molecule has 3 fully saturated rings. The number of likely N-dealkylation sites (tertiary alicyclic amines) is 1. The molecule has 71 heavy (non-hydrogen) atoms. The van der Waals surface area contributed by atoms with Gasteiger partial charge in [-0.25, -0.2) is 17.6 Å². The van der Waals surface area contributed by atoms with E-state index in [9.17, 15) is 27.2 Å². The van der Waals surface area contributed by atoms with Gasteiger partial charge < -0.3 is 43.5 Å². The maximum Gasteiger partial charge on any atom is 0.254 e. The molecule has 0 bridgehead atoms. The highest BCUT2D eigenvalue weighted by Crippen LogP contribution is 2.40. The molecule has 1 unspecified atom stereocenters. The van der Waals surface area contributed by atoms with E-state index in [0.29, 0.717) is 71.3 Å². The fraction of sp³-hybridized carbons (Fsp3) is 0.455. The Morgan fingerprint density at radius 3 is 1.44 bits per heavy atom. The predicted molar refractivity (Wildman–Crippen MR) is 267 cm³/mol. The number of hydrogen-bond acceptors (Lipinski definition) is 10. The minimum atomic E-state index is -0.644. The maximum atomic E-state index is 14.4. The number of carbonyl (C=O) groups excluding carboxylic acids is 2. The Hall–Kier alpha value is -6.26. The average molecular weight is 989 g/mol. The number of carbonyl (C=O) groups is 2. The standard InChI is InChI=1S/C30H38F2N2O4.C25H30F2N2O4/c1-20(14-21-11-12-23(31)17-26(21)32)18-33(19-25-10-7-13-34(25)24-8-5-6-9-24)30(35)22-15-27(36-2)29(38-4)28(16-22)37-3;1-16(10-17-7-8-19(26)13-21(17)27)14-29(15-20-6-5-9-28-20)25(30)18-11-22(31-2)24(33-4)23(12-18)32-3/h11-12,14-17,24-25H,5-10,13,18-19H2,1-4H3;7-8,10-13,20,28H,5-6,9,14-15H2,1-4H3/b20-14+;16-10+/t25-;/m0./s1. The number of nitrogens with one attached hydrogen (secondary N) is 1. The normalized spacial score (nSPS) is 17.4. The molecule has 1 N–H and O–H groups in total. The van der Waals surface area contributed by atoms with Crippen molar-refractivity contribution in [3.8, 4) is 34.5 Å². The summed E-state index contributed by atoms with van der Waals surface area (Å²) in [4.78, 5) is 33.7. The van der Waals surface area contributed by atoms with Gasteiger partial charge in [-0.05, 0) is 114 Å². The number of hydrogen-bond donors (Lipinski definition) is 1. The Bertz CT molecular complexity index is 2480. The number of rotatable bonds is 19. The molecule has 12 nitrogen and oxygen atoms in total. The molecule has 3 aliphatic rings. The molecule has 0 radical (unpaired) electrons. The van der Waals surface area contributed by atoms with Crippen molar-refractivity contribution in [2.75, 3.05) is 81.9 Å². The van der Waals surface area contributed by atoms with Crippen LogP contribution in [0.5, 0.6) is 34.5 Å². The van der Waals surface area contributed by atoms with Crippen LogP contribution in [0.3, 0.4) is 0 Å². The third-order valence-corrected chi connectivity index (χ3v) is 13.3. The molecular weight excluding hydrogens is 921 g/mol. The van der Waals surface area contributed by atoms with Crippen molar-refractivity contribution >= 4 is 24.0 Å². The van der Waals surface area contributed by atoms with Gasteiger partial charge in [0.15, 0.2) is 23.0 Å². The molecule has 4 aromatic rings. The van der Waals surface area contributed by atoms with Gasteiger partial charge in [0.25, 0.3) is 11.8 Å². The maximum absolute atomic E-state index is 14.4. The fourth-order valence-corrected chi connectivity index (χ4v) is 9.88. The third-order valence-electron chi connectivity index (χ3n) is 13.3. The zero-order valence-corrected chi connectivity index (χ0v) is 42.2. The highest BCUT2D eigenvalue weighted by molar-refractivity contribution is 5.96. The molecule has 2 atom stereocenters. The van der Waals surface area contributed by atoms with Crippen LogP contribution in [0.4, 0.5) is 17.6 Å². The molecule has 2 amide bonds. The number of halogens is 4. The van der Waals surface area contributed by atoms with Crippen molar-refractivity contribution in [3.05, 3.63) is 117 Å². The summed E-state index contributed by atoms with van der Waals surface area (Å²) >= 11 is 0. The number of amides is 2. The van der Waals surface area contributed by atoms with Crippen LogP contribution >= 0.6 is 0 Å². The minimum absolute atomic E-state index is 0.171. The zero-order chi connectivity index (χ0) is 51.2. The summed E-state index contributed by atoms with van der Waals surface area (Å²) in [5, 5.41) is 3.41. The van der Waals surface area contributed by atoms with E-state index in [4.69, 9.17) is 28.4 Å². The van der Waals surface area contributed by atoms with E-state index >= 15 is 0 Å². The van der Waals surface area contributed by atoms with Crippen molar-refractivity contribution < 1.29 is 55.6 Å². The van der Waals surface area contributed by atoms with Gasteiger partial charge in [0.1, 0.15) is 23.3 Å². The van der Waals surface area contributed by atoms with Gasteiger partial charge in [0.2, 0.25) is 11.5 Å². The largest absolute Gasteiger partial charge is 0.493 e. The molecule has 2 aliphatic heterocycles. The quantitative estimate of drug-likeness (QED) is 0.0912. The second-order valence-electron chi connectivity index (χ2n) is 18.3. The lowest BCUT2D eigenvalue weighted by Crippen LogP contribution is -2.46. The first-order valence-electron chi connectivity index (χ1n) is 24.1. The van der Waals surface area contributed by atoms with Gasteiger partial charge in [0.05, 0.1) is 42.7 Å². The van der Waals surface area contributed by atoms with Crippen molar-refractivity contribution in [2.24, 2.45) is 0 Å². The van der Waals surface area contributed by atoms with Crippen molar-refractivity contribution in [1.29, 1.82) is 0 Å². The van der Waals surface area contributed by atoms with Crippen LogP contribution in [-0.2, 0) is 0 Å². The van der Waals surface area contributed by atoms with E-state index in [1.54, 1.807) is 41.3 Å². The summed E-state index contributed by atoms with van der Waals surface area (Å²) < 4.78 is 87.7. The van der Waals surface area contributed by atoms with Crippen molar-refractivity contribution in [2.45, 2.75) is 83.3 Å². The topological polar surface area (TPSA) is 111 Å². The minimum Gasteiger partial charge on any atom is -0.493 e. The number of methoxy groups -OCH3 is 6. The van der Waals surface area contributed by atoms with E-state index in [-0.39, 0.29) is 41.6 Å². The van der Waals surface area contributed by atoms with Gasteiger partial charge in [-0.2, -0.15) is 0 Å². The Balaban J connectivity index is 0.000000235. The van der Waals surface area contributed by atoms with Crippen LogP contribution in [0, 0.1) is 23.3 Å². The highest BCUT2D eigenvalue weighted by atomic mass is 19.1. The molecule has 1 saturated carbocycles. The number of ether oxygens (including phenoxy) is 6. The summed E-state index contributed by atoms with van der Waals surface area (Å²) in [7, 11) is 9.06. The predicted octanol–water partition coefficient (Wildman–Crippen LogP) is 10.2. The smallest absolute Gasteiger partial charge is 0.254 e. The fourth-order valence-electron chi connectivity index (χ4n) is 9.88. The van der Waals surface area contributed by atoms with Gasteiger partial charge in [-0.15, -0.1) is 0 Å². The van der Waals surface area contributed by atoms with Gasteiger partial charge in [0, 0.05) is 78.7 Å². The Kier molecular flexibility index (Phi) is 19.6. The first-order chi connectivity index (χ1) is 34.2. The van der Waals surface area contributed by atoms with Crippen LogP contribution in [0.1, 0.15) is 97.1 Å². The molecule has 0 spiro atoms. The van der Waals surface area contributed by atoms with Gasteiger partial charge in [-0.3, -0.25) is 14.5 Å². The second-order valence-corrected chi connectivity index (χ2v) is 18.3. The Morgan fingerprint density at radius 2 is 1.04 bits per heavy atom. The lowest BCUT2D eigenvalue weighted by molar-refractivity contribution is 0.0695. The Morgan fingerprint density at radius 1 is 0.592 bits per heavy atom.